The minimum Gasteiger partial charge on any atom is -0.242 e. The van der Waals surface area contributed by atoms with E-state index in [4.69, 9.17) is 0 Å². The quantitative estimate of drug-likeness (QED) is 0.694. The molecule has 1 rings (SSSR count). The van der Waals surface area contributed by atoms with E-state index in [1.807, 2.05) is 0 Å². The first-order valence-corrected chi connectivity index (χ1v) is 5.49. The van der Waals surface area contributed by atoms with Gasteiger partial charge in [-0.25, -0.2) is 30.4 Å². The van der Waals surface area contributed by atoms with Crippen molar-refractivity contribution in [3.8, 4) is 0 Å². The van der Waals surface area contributed by atoms with E-state index in [1.54, 1.807) is 0 Å². The summed E-state index contributed by atoms with van der Waals surface area (Å²) in [6.07, 6.45) is -14.4. The van der Waals surface area contributed by atoms with Crippen molar-refractivity contribution in [1.82, 2.24) is 0 Å². The third kappa shape index (κ3) is 1.61. The summed E-state index contributed by atoms with van der Waals surface area (Å²) in [5.74, 6) is -3.93. The molecule has 0 aromatic carbocycles. The van der Waals surface area contributed by atoms with Crippen LogP contribution in [0.2, 0.25) is 0 Å². The van der Waals surface area contributed by atoms with Gasteiger partial charge in [0.25, 0.3) is 0 Å². The van der Waals surface area contributed by atoms with Gasteiger partial charge < -0.3 is 0 Å². The molecule has 1 aliphatic rings. The average molecular weight is 292 g/mol. The topological polar surface area (TPSA) is 34.1 Å². The molecule has 0 N–H and O–H groups in total. The van der Waals surface area contributed by atoms with E-state index >= 15 is 0 Å². The van der Waals surface area contributed by atoms with E-state index in [0.717, 1.165) is 0 Å². The molecule has 4 atom stereocenters. The van der Waals surface area contributed by atoms with Crippen LogP contribution in [0.25, 0.3) is 0 Å². The lowest BCUT2D eigenvalue weighted by atomic mass is 9.98. The molecule has 1 heterocycles. The van der Waals surface area contributed by atoms with Crippen LogP contribution in [0.3, 0.4) is 0 Å². The predicted molar refractivity (Wildman–Crippen MR) is 38.1 cm³/mol. The molecule has 11 heteroatoms. The Balaban J connectivity index is 3.52. The summed E-state index contributed by atoms with van der Waals surface area (Å²) in [5.41, 5.74) is -3.96. The SMILES string of the molecule is O=S1(=O)C(F)C(F)C(C(F)F)C1(F)C(F)(F)F. The Kier molecular flexibility index (Phi) is 3.14. The van der Waals surface area contributed by atoms with Crippen LogP contribution in [0.4, 0.5) is 35.1 Å². The summed E-state index contributed by atoms with van der Waals surface area (Å²) in [6, 6.07) is 0. The Morgan fingerprint density at radius 1 is 1.12 bits per heavy atom. The van der Waals surface area contributed by atoms with Crippen molar-refractivity contribution in [3.63, 3.8) is 0 Å². The fourth-order valence-corrected chi connectivity index (χ4v) is 3.32. The van der Waals surface area contributed by atoms with Gasteiger partial charge in [0.15, 0.2) is 6.17 Å². The Labute approximate surface area is 89.5 Å². The van der Waals surface area contributed by atoms with Gasteiger partial charge in [0.2, 0.25) is 21.8 Å². The lowest BCUT2D eigenvalue weighted by Gasteiger charge is -2.27. The van der Waals surface area contributed by atoms with Crippen LogP contribution >= 0.6 is 0 Å². The first-order chi connectivity index (χ1) is 7.39. The smallest absolute Gasteiger partial charge is 0.242 e. The molecule has 2 nitrogen and oxygen atoms in total. The average Bonchev–Trinajstić information content (AvgIpc) is 2.25. The monoisotopic (exact) mass is 292 g/mol. The first-order valence-electron chi connectivity index (χ1n) is 3.94. The highest BCUT2D eigenvalue weighted by Crippen LogP contribution is 2.55. The molecule has 0 radical (unpaired) electrons. The van der Waals surface area contributed by atoms with Crippen LogP contribution in [-0.4, -0.2) is 37.7 Å². The zero-order valence-corrected chi connectivity index (χ0v) is 8.37. The Morgan fingerprint density at radius 3 is 1.76 bits per heavy atom. The normalized spacial score (nSPS) is 42.1. The zero-order chi connectivity index (χ0) is 13.8. The van der Waals surface area contributed by atoms with Crippen LogP contribution in [0.15, 0.2) is 0 Å². The number of alkyl halides is 8. The summed E-state index contributed by atoms with van der Waals surface area (Å²) in [4.78, 5) is 0. The summed E-state index contributed by atoms with van der Waals surface area (Å²) in [6.45, 7) is 0. The van der Waals surface area contributed by atoms with Gasteiger partial charge >= 0.3 is 11.2 Å². The molecule has 4 unspecified atom stereocenters. The van der Waals surface area contributed by atoms with Gasteiger partial charge in [-0.1, -0.05) is 0 Å². The van der Waals surface area contributed by atoms with Crippen molar-refractivity contribution in [2.45, 2.75) is 29.3 Å². The maximum absolute atomic E-state index is 13.3. The van der Waals surface area contributed by atoms with E-state index < -0.39 is 45.0 Å². The molecule has 1 fully saturated rings. The summed E-state index contributed by atoms with van der Waals surface area (Å²) < 4.78 is 121. The van der Waals surface area contributed by atoms with Crippen LogP contribution < -0.4 is 0 Å². The molecular formula is C6H4F8O2S. The minimum atomic E-state index is -6.38. The van der Waals surface area contributed by atoms with Gasteiger partial charge in [-0.05, 0) is 0 Å². The van der Waals surface area contributed by atoms with E-state index in [1.165, 1.54) is 0 Å². The van der Waals surface area contributed by atoms with Gasteiger partial charge in [-0.2, -0.15) is 13.2 Å². The van der Waals surface area contributed by atoms with Crippen LogP contribution in [-0.2, 0) is 9.84 Å². The van der Waals surface area contributed by atoms with Crippen LogP contribution in [0.1, 0.15) is 0 Å². The Bertz CT molecular complexity index is 403. The highest BCUT2D eigenvalue weighted by Gasteiger charge is 2.81. The summed E-state index contributed by atoms with van der Waals surface area (Å²) >= 11 is 0. The van der Waals surface area contributed by atoms with Crippen molar-refractivity contribution in [2.75, 3.05) is 0 Å². The lowest BCUT2D eigenvalue weighted by Crippen LogP contribution is -2.52. The molecule has 0 spiro atoms. The minimum absolute atomic E-state index is 3.77. The van der Waals surface area contributed by atoms with Gasteiger partial charge in [-0.3, -0.25) is 0 Å². The second-order valence-electron chi connectivity index (χ2n) is 3.34. The maximum Gasteiger partial charge on any atom is 0.437 e. The molecule has 0 aromatic rings. The standard InChI is InChI=1S/C6H4F8O2S/c7-2-1(3(8)9)5(11,6(12,13)14)17(15,16)4(2)10/h1-4H. The van der Waals surface area contributed by atoms with Gasteiger partial charge in [0.1, 0.15) is 5.92 Å². The van der Waals surface area contributed by atoms with Crippen molar-refractivity contribution >= 4 is 9.84 Å². The summed E-state index contributed by atoms with van der Waals surface area (Å²) in [5, 5.41) is -5.62. The molecule has 102 valence electrons. The Hall–Kier alpha value is -0.610. The third-order valence-corrected chi connectivity index (χ3v) is 4.58. The highest BCUT2D eigenvalue weighted by molar-refractivity contribution is 7.93. The van der Waals surface area contributed by atoms with Gasteiger partial charge in [-0.15, -0.1) is 0 Å². The predicted octanol–water partition coefficient (Wildman–Crippen LogP) is 2.16. The van der Waals surface area contributed by atoms with E-state index in [2.05, 4.69) is 0 Å². The van der Waals surface area contributed by atoms with Crippen molar-refractivity contribution in [1.29, 1.82) is 0 Å². The molecule has 1 aliphatic heterocycles. The molecule has 0 amide bonds. The lowest BCUT2D eigenvalue weighted by molar-refractivity contribution is -0.228. The van der Waals surface area contributed by atoms with Crippen molar-refractivity contribution in [2.24, 2.45) is 5.92 Å². The molecule has 17 heavy (non-hydrogen) atoms. The van der Waals surface area contributed by atoms with Crippen LogP contribution in [0.5, 0.6) is 0 Å². The third-order valence-electron chi connectivity index (χ3n) is 2.39. The molecule has 0 saturated carbocycles. The fourth-order valence-electron chi connectivity index (χ4n) is 1.54. The van der Waals surface area contributed by atoms with Gasteiger partial charge in [0, 0.05) is 0 Å². The maximum atomic E-state index is 13.3. The number of rotatable bonds is 1. The number of halogens is 8. The molecule has 0 aliphatic carbocycles. The van der Waals surface area contributed by atoms with E-state index in [9.17, 15) is 43.5 Å². The second kappa shape index (κ2) is 3.69. The highest BCUT2D eigenvalue weighted by atomic mass is 32.2. The van der Waals surface area contributed by atoms with E-state index in [-0.39, 0.29) is 0 Å². The molecule has 0 aromatic heterocycles. The number of hydrogen-bond acceptors (Lipinski definition) is 2. The molecule has 1 saturated heterocycles. The van der Waals surface area contributed by atoms with Crippen LogP contribution in [0, 0.1) is 5.92 Å². The van der Waals surface area contributed by atoms with Gasteiger partial charge in [0.05, 0.1) is 0 Å². The molecule has 0 bridgehead atoms. The number of sulfone groups is 1. The van der Waals surface area contributed by atoms with E-state index in [0.29, 0.717) is 0 Å². The second-order valence-corrected chi connectivity index (χ2v) is 5.48. The zero-order valence-electron chi connectivity index (χ0n) is 7.56. The van der Waals surface area contributed by atoms with Crippen molar-refractivity contribution in [3.05, 3.63) is 0 Å². The molecular weight excluding hydrogens is 288 g/mol. The van der Waals surface area contributed by atoms with Crippen molar-refractivity contribution < 1.29 is 43.5 Å². The Morgan fingerprint density at radius 2 is 1.53 bits per heavy atom. The first kappa shape index (κ1) is 14.5. The fraction of sp³-hybridized carbons (Fsp3) is 1.00. The largest absolute Gasteiger partial charge is 0.437 e. The number of hydrogen-bond donors (Lipinski definition) is 0. The summed E-state index contributed by atoms with van der Waals surface area (Å²) in [7, 11) is -6.38.